The highest BCUT2D eigenvalue weighted by atomic mass is 79.9. The van der Waals surface area contributed by atoms with Gasteiger partial charge in [0.05, 0.1) is 0 Å². The summed E-state index contributed by atoms with van der Waals surface area (Å²) in [4.78, 5) is 5.11. The Labute approximate surface area is 117 Å². The van der Waals surface area contributed by atoms with Crippen LogP contribution in [0.3, 0.4) is 0 Å². The Bertz CT molecular complexity index is 423. The summed E-state index contributed by atoms with van der Waals surface area (Å²) in [5.41, 5.74) is 2.65. The largest absolute Gasteiger partial charge is 0.369 e. The Morgan fingerprint density at radius 3 is 2.44 bits per heavy atom. The van der Waals surface area contributed by atoms with Crippen molar-refractivity contribution in [2.45, 2.75) is 13.0 Å². The minimum atomic E-state index is 0.789. The van der Waals surface area contributed by atoms with Crippen LogP contribution < -0.4 is 10.2 Å². The third-order valence-corrected chi connectivity index (χ3v) is 4.97. The van der Waals surface area contributed by atoms with Gasteiger partial charge in [-0.3, -0.25) is 4.90 Å². The maximum Gasteiger partial charge on any atom is 0.0378 e. The standard InChI is InChI=1S/C14H20BrN3/c1-11-2-3-12(8-14(11)15)17-4-6-18(7-5-17)13-9-16-10-13/h2-3,8,13,16H,4-7,9-10H2,1H3. The molecule has 2 aliphatic heterocycles. The number of rotatable bonds is 2. The minimum Gasteiger partial charge on any atom is -0.369 e. The highest BCUT2D eigenvalue weighted by Gasteiger charge is 2.27. The SMILES string of the molecule is Cc1ccc(N2CCN(C3CNC3)CC2)cc1Br. The van der Waals surface area contributed by atoms with Crippen molar-refractivity contribution in [3.8, 4) is 0 Å². The number of piperazine rings is 1. The Kier molecular flexibility index (Phi) is 3.59. The van der Waals surface area contributed by atoms with Gasteiger partial charge in [-0.05, 0) is 24.6 Å². The van der Waals surface area contributed by atoms with Gasteiger partial charge < -0.3 is 10.2 Å². The lowest BCUT2D eigenvalue weighted by Crippen LogP contribution is -2.61. The maximum absolute atomic E-state index is 3.62. The first-order valence-electron chi connectivity index (χ1n) is 6.70. The van der Waals surface area contributed by atoms with Crippen LogP contribution in [0.1, 0.15) is 5.56 Å². The average molecular weight is 310 g/mol. The van der Waals surface area contributed by atoms with Crippen LogP contribution in [-0.4, -0.2) is 50.2 Å². The lowest BCUT2D eigenvalue weighted by atomic mass is 10.1. The van der Waals surface area contributed by atoms with Crippen LogP contribution >= 0.6 is 15.9 Å². The zero-order chi connectivity index (χ0) is 12.5. The zero-order valence-corrected chi connectivity index (χ0v) is 12.4. The van der Waals surface area contributed by atoms with Crippen LogP contribution in [0.4, 0.5) is 5.69 Å². The topological polar surface area (TPSA) is 18.5 Å². The van der Waals surface area contributed by atoms with Gasteiger partial charge in [-0.15, -0.1) is 0 Å². The number of benzene rings is 1. The van der Waals surface area contributed by atoms with E-state index in [0.29, 0.717) is 0 Å². The first kappa shape index (κ1) is 12.5. The number of nitrogens with one attached hydrogen (secondary N) is 1. The molecule has 2 aliphatic rings. The normalized spacial score (nSPS) is 22.0. The molecule has 0 atom stereocenters. The number of anilines is 1. The molecule has 3 rings (SSSR count). The molecule has 2 saturated heterocycles. The van der Waals surface area contributed by atoms with Crippen LogP contribution in [0.15, 0.2) is 22.7 Å². The molecule has 0 saturated carbocycles. The molecule has 0 radical (unpaired) electrons. The Morgan fingerprint density at radius 2 is 1.89 bits per heavy atom. The smallest absolute Gasteiger partial charge is 0.0378 e. The molecule has 0 amide bonds. The lowest BCUT2D eigenvalue weighted by Gasteiger charge is -2.44. The van der Waals surface area contributed by atoms with E-state index >= 15 is 0 Å². The van der Waals surface area contributed by atoms with Gasteiger partial charge in [0.2, 0.25) is 0 Å². The van der Waals surface area contributed by atoms with Gasteiger partial charge in [0.15, 0.2) is 0 Å². The summed E-state index contributed by atoms with van der Waals surface area (Å²) in [6.07, 6.45) is 0. The van der Waals surface area contributed by atoms with Gasteiger partial charge in [-0.2, -0.15) is 0 Å². The van der Waals surface area contributed by atoms with Crippen molar-refractivity contribution in [1.29, 1.82) is 0 Å². The first-order valence-corrected chi connectivity index (χ1v) is 7.49. The Morgan fingerprint density at radius 1 is 1.17 bits per heavy atom. The minimum absolute atomic E-state index is 0.789. The van der Waals surface area contributed by atoms with Gasteiger partial charge in [0.1, 0.15) is 0 Å². The van der Waals surface area contributed by atoms with Crippen molar-refractivity contribution >= 4 is 21.6 Å². The van der Waals surface area contributed by atoms with Gasteiger partial charge in [-0.1, -0.05) is 22.0 Å². The average Bonchev–Trinajstić information content (AvgIpc) is 2.32. The van der Waals surface area contributed by atoms with Crippen LogP contribution in [0.25, 0.3) is 0 Å². The predicted molar refractivity (Wildman–Crippen MR) is 79.3 cm³/mol. The summed E-state index contributed by atoms with van der Waals surface area (Å²) in [6.45, 7) is 9.16. The summed E-state index contributed by atoms with van der Waals surface area (Å²) in [5.74, 6) is 0. The molecular weight excluding hydrogens is 290 g/mol. The van der Waals surface area contributed by atoms with Gasteiger partial charge in [0.25, 0.3) is 0 Å². The number of hydrogen-bond acceptors (Lipinski definition) is 3. The van der Waals surface area contributed by atoms with Crippen molar-refractivity contribution in [3.05, 3.63) is 28.2 Å². The molecule has 0 unspecified atom stereocenters. The molecule has 0 spiro atoms. The molecule has 98 valence electrons. The fourth-order valence-corrected chi connectivity index (χ4v) is 3.02. The molecule has 3 nitrogen and oxygen atoms in total. The molecule has 0 aromatic heterocycles. The highest BCUT2D eigenvalue weighted by molar-refractivity contribution is 9.10. The Hall–Kier alpha value is -0.580. The molecule has 0 aliphatic carbocycles. The van der Waals surface area contributed by atoms with E-state index in [9.17, 15) is 0 Å². The molecule has 1 aromatic carbocycles. The van der Waals surface area contributed by atoms with E-state index in [1.165, 1.54) is 41.9 Å². The van der Waals surface area contributed by atoms with E-state index in [1.54, 1.807) is 0 Å². The monoisotopic (exact) mass is 309 g/mol. The molecule has 1 aromatic rings. The van der Waals surface area contributed by atoms with E-state index in [4.69, 9.17) is 0 Å². The third kappa shape index (κ3) is 2.42. The van der Waals surface area contributed by atoms with E-state index < -0.39 is 0 Å². The Balaban J connectivity index is 1.62. The molecule has 18 heavy (non-hydrogen) atoms. The first-order chi connectivity index (χ1) is 8.74. The van der Waals surface area contributed by atoms with Crippen molar-refractivity contribution in [2.75, 3.05) is 44.2 Å². The number of aryl methyl sites for hydroxylation is 1. The number of halogens is 1. The fourth-order valence-electron chi connectivity index (χ4n) is 2.66. The van der Waals surface area contributed by atoms with Crippen LogP contribution in [-0.2, 0) is 0 Å². The number of hydrogen-bond donors (Lipinski definition) is 1. The second-order valence-electron chi connectivity index (χ2n) is 5.27. The third-order valence-electron chi connectivity index (χ3n) is 4.11. The molecule has 4 heteroatoms. The zero-order valence-electron chi connectivity index (χ0n) is 10.8. The van der Waals surface area contributed by atoms with Crippen molar-refractivity contribution < 1.29 is 0 Å². The van der Waals surface area contributed by atoms with E-state index in [-0.39, 0.29) is 0 Å². The van der Waals surface area contributed by atoms with Crippen molar-refractivity contribution in [1.82, 2.24) is 10.2 Å². The van der Waals surface area contributed by atoms with Gasteiger partial charge in [-0.25, -0.2) is 0 Å². The van der Waals surface area contributed by atoms with E-state index in [2.05, 4.69) is 56.2 Å². The molecule has 2 heterocycles. The summed E-state index contributed by atoms with van der Waals surface area (Å²) in [6, 6.07) is 7.47. The van der Waals surface area contributed by atoms with Crippen LogP contribution in [0.2, 0.25) is 0 Å². The van der Waals surface area contributed by atoms with Crippen molar-refractivity contribution in [2.24, 2.45) is 0 Å². The quantitative estimate of drug-likeness (QED) is 0.899. The van der Waals surface area contributed by atoms with E-state index in [1.807, 2.05) is 0 Å². The highest BCUT2D eigenvalue weighted by Crippen LogP contribution is 2.24. The molecular formula is C14H20BrN3. The summed E-state index contributed by atoms with van der Waals surface area (Å²) in [5, 5.41) is 3.35. The lowest BCUT2D eigenvalue weighted by molar-refractivity contribution is 0.138. The van der Waals surface area contributed by atoms with Gasteiger partial charge >= 0.3 is 0 Å². The van der Waals surface area contributed by atoms with Crippen LogP contribution in [0, 0.1) is 6.92 Å². The maximum atomic E-state index is 3.62. The second-order valence-corrected chi connectivity index (χ2v) is 6.12. The van der Waals surface area contributed by atoms with Crippen molar-refractivity contribution in [3.63, 3.8) is 0 Å². The summed E-state index contributed by atoms with van der Waals surface area (Å²) < 4.78 is 1.21. The second kappa shape index (κ2) is 5.19. The number of nitrogens with zero attached hydrogens (tertiary/aromatic N) is 2. The fraction of sp³-hybridized carbons (Fsp3) is 0.571. The molecule has 1 N–H and O–H groups in total. The summed E-state index contributed by atoms with van der Waals surface area (Å²) >= 11 is 3.62. The molecule has 2 fully saturated rings. The predicted octanol–water partition coefficient (Wildman–Crippen LogP) is 1.85. The van der Waals surface area contributed by atoms with E-state index in [0.717, 1.165) is 19.1 Å². The van der Waals surface area contributed by atoms with Gasteiger partial charge in [0, 0.05) is 55.5 Å². The van der Waals surface area contributed by atoms with Crippen LogP contribution in [0.5, 0.6) is 0 Å². The summed E-state index contributed by atoms with van der Waals surface area (Å²) in [7, 11) is 0. The molecule has 0 bridgehead atoms.